The quantitative estimate of drug-likeness (QED) is 0.140. The van der Waals surface area contributed by atoms with Gasteiger partial charge in [-0.15, -0.1) is 11.3 Å². The van der Waals surface area contributed by atoms with E-state index in [1.165, 1.54) is 70.2 Å². The van der Waals surface area contributed by atoms with Crippen LogP contribution in [-0.4, -0.2) is 0 Å². The van der Waals surface area contributed by atoms with Crippen molar-refractivity contribution in [1.82, 2.24) is 0 Å². The minimum atomic E-state index is 1.09. The number of nitrogens with zero attached hydrogens (tertiary/aromatic N) is 1. The topological polar surface area (TPSA) is 3.24 Å². The molecule has 1 nitrogen and oxygen atoms in total. The first-order chi connectivity index (χ1) is 30.7. The maximum Gasteiger partial charge on any atom is 0.0540 e. The molecule has 0 radical (unpaired) electrons. The Balaban J connectivity index is 1.07. The highest BCUT2D eigenvalue weighted by atomic mass is 32.1. The molecule has 0 atom stereocenters. The first-order valence-corrected chi connectivity index (χ1v) is 22.0. The van der Waals surface area contributed by atoms with Gasteiger partial charge in [0.2, 0.25) is 0 Å². The Hall–Kier alpha value is -7.78. The zero-order valence-corrected chi connectivity index (χ0v) is 34.8. The molecule has 0 saturated heterocycles. The number of fused-ring (bicyclic) bond motifs is 3. The predicted molar refractivity (Wildman–Crippen MR) is 267 cm³/mol. The van der Waals surface area contributed by atoms with E-state index in [2.05, 4.69) is 254 Å². The molecule has 0 aliphatic carbocycles. The van der Waals surface area contributed by atoms with Crippen molar-refractivity contribution in [2.24, 2.45) is 0 Å². The van der Waals surface area contributed by atoms with E-state index < -0.39 is 0 Å². The predicted octanol–water partition coefficient (Wildman–Crippen LogP) is 17.5. The van der Waals surface area contributed by atoms with Crippen LogP contribution in [0.4, 0.5) is 17.1 Å². The molecule has 62 heavy (non-hydrogen) atoms. The molecule has 1 aromatic heterocycles. The third-order valence-corrected chi connectivity index (χ3v) is 13.1. The fourth-order valence-electron chi connectivity index (χ4n) is 8.77. The Morgan fingerprint density at radius 3 is 1.26 bits per heavy atom. The van der Waals surface area contributed by atoms with Crippen LogP contribution in [0.2, 0.25) is 0 Å². The number of hydrogen-bond acceptors (Lipinski definition) is 2. The van der Waals surface area contributed by atoms with Crippen molar-refractivity contribution < 1.29 is 0 Å². The molecule has 0 aliphatic rings. The first-order valence-electron chi connectivity index (χ1n) is 21.2. The van der Waals surface area contributed by atoms with Gasteiger partial charge in [-0.1, -0.05) is 188 Å². The summed E-state index contributed by atoms with van der Waals surface area (Å²) in [6, 6.07) is 90.4. The second-order valence-electron chi connectivity index (χ2n) is 15.7. The standard InChI is InChI=1S/C60H41NS/c1-5-16-42(17-6-1)45-28-33-52(34-29-45)61(53-35-30-47(31-36-53)54-25-15-26-56-55-24-13-14-27-59(55)62-60(54)56)58-37-32-48(41-57(58)46-22-11-4-12-23-46)51-39-49(43-18-7-2-8-19-43)38-50(40-51)44-20-9-3-10-21-44/h1-41H. The molecule has 11 aromatic rings. The SMILES string of the molecule is c1ccc(-c2ccc(N(c3ccc(-c4cccc5c4sc4ccccc45)cc3)c3ccc(-c4cc(-c5ccccc5)cc(-c5ccccc5)c4)cc3-c3ccccc3)cc2)cc1. The molecule has 0 fully saturated rings. The van der Waals surface area contributed by atoms with Crippen molar-refractivity contribution >= 4 is 48.6 Å². The van der Waals surface area contributed by atoms with Gasteiger partial charge >= 0.3 is 0 Å². The average molecular weight is 808 g/mol. The smallest absolute Gasteiger partial charge is 0.0540 e. The van der Waals surface area contributed by atoms with Crippen LogP contribution in [0.15, 0.2) is 249 Å². The summed E-state index contributed by atoms with van der Waals surface area (Å²) < 4.78 is 2.64. The highest BCUT2D eigenvalue weighted by Gasteiger charge is 2.20. The number of anilines is 3. The molecule has 1 heterocycles. The van der Waals surface area contributed by atoms with Crippen LogP contribution in [0.3, 0.4) is 0 Å². The van der Waals surface area contributed by atoms with E-state index >= 15 is 0 Å². The van der Waals surface area contributed by atoms with Gasteiger partial charge in [0.25, 0.3) is 0 Å². The van der Waals surface area contributed by atoms with Crippen LogP contribution >= 0.6 is 11.3 Å². The summed E-state index contributed by atoms with van der Waals surface area (Å²) in [6.45, 7) is 0. The molecule has 0 amide bonds. The third-order valence-electron chi connectivity index (χ3n) is 11.9. The van der Waals surface area contributed by atoms with Crippen LogP contribution in [-0.2, 0) is 0 Å². The van der Waals surface area contributed by atoms with E-state index in [4.69, 9.17) is 0 Å². The van der Waals surface area contributed by atoms with Crippen molar-refractivity contribution in [2.45, 2.75) is 0 Å². The van der Waals surface area contributed by atoms with Crippen molar-refractivity contribution in [3.8, 4) is 66.8 Å². The molecule has 0 unspecified atom stereocenters. The summed E-state index contributed by atoms with van der Waals surface area (Å²) in [6.07, 6.45) is 0. The average Bonchev–Trinajstić information content (AvgIpc) is 3.75. The van der Waals surface area contributed by atoms with Crippen molar-refractivity contribution in [3.63, 3.8) is 0 Å². The van der Waals surface area contributed by atoms with Gasteiger partial charge in [0, 0.05) is 37.1 Å². The highest BCUT2D eigenvalue weighted by Crippen LogP contribution is 2.45. The van der Waals surface area contributed by atoms with Gasteiger partial charge in [0.05, 0.1) is 5.69 Å². The molecule has 10 aromatic carbocycles. The fourth-order valence-corrected chi connectivity index (χ4v) is 10.0. The Bertz CT molecular complexity index is 3240. The van der Waals surface area contributed by atoms with E-state index in [0.717, 1.165) is 33.8 Å². The molecular formula is C60H41NS. The van der Waals surface area contributed by atoms with E-state index in [-0.39, 0.29) is 0 Å². The Kier molecular flexibility index (Phi) is 9.82. The lowest BCUT2D eigenvalue weighted by molar-refractivity contribution is 1.28. The first kappa shape index (κ1) is 37.2. The van der Waals surface area contributed by atoms with Gasteiger partial charge in [0.1, 0.15) is 0 Å². The van der Waals surface area contributed by atoms with E-state index in [1.54, 1.807) is 0 Å². The normalized spacial score (nSPS) is 11.2. The molecule has 0 N–H and O–H groups in total. The maximum atomic E-state index is 2.42. The van der Waals surface area contributed by atoms with Gasteiger partial charge in [0.15, 0.2) is 0 Å². The van der Waals surface area contributed by atoms with Crippen molar-refractivity contribution in [2.75, 3.05) is 4.90 Å². The van der Waals surface area contributed by atoms with Gasteiger partial charge < -0.3 is 4.90 Å². The van der Waals surface area contributed by atoms with E-state index in [0.29, 0.717) is 0 Å². The van der Waals surface area contributed by atoms with E-state index in [1.807, 2.05) is 11.3 Å². The number of thiophene rings is 1. The largest absolute Gasteiger partial charge is 0.310 e. The highest BCUT2D eigenvalue weighted by molar-refractivity contribution is 7.26. The Morgan fingerprint density at radius 1 is 0.258 bits per heavy atom. The summed E-state index contributed by atoms with van der Waals surface area (Å²) in [5.74, 6) is 0. The van der Waals surface area contributed by atoms with Crippen molar-refractivity contribution in [1.29, 1.82) is 0 Å². The number of rotatable bonds is 9. The Morgan fingerprint density at radius 2 is 0.677 bits per heavy atom. The molecule has 2 heteroatoms. The molecule has 0 spiro atoms. The zero-order valence-electron chi connectivity index (χ0n) is 34.0. The second kappa shape index (κ2) is 16.3. The monoisotopic (exact) mass is 807 g/mol. The van der Waals surface area contributed by atoms with Gasteiger partial charge in [-0.3, -0.25) is 0 Å². The Labute approximate surface area is 367 Å². The zero-order chi connectivity index (χ0) is 41.2. The summed E-state index contributed by atoms with van der Waals surface area (Å²) >= 11 is 1.87. The molecule has 11 rings (SSSR count). The summed E-state index contributed by atoms with van der Waals surface area (Å²) in [5.41, 5.74) is 17.6. The molecule has 292 valence electrons. The lowest BCUT2D eigenvalue weighted by atomic mass is 9.91. The van der Waals surface area contributed by atoms with Crippen LogP contribution in [0.1, 0.15) is 0 Å². The van der Waals surface area contributed by atoms with E-state index in [9.17, 15) is 0 Å². The van der Waals surface area contributed by atoms with Crippen molar-refractivity contribution in [3.05, 3.63) is 249 Å². The van der Waals surface area contributed by atoms with Crippen LogP contribution in [0.5, 0.6) is 0 Å². The second-order valence-corrected chi connectivity index (χ2v) is 16.8. The fraction of sp³-hybridized carbons (Fsp3) is 0. The van der Waals surface area contributed by atoms with Crippen LogP contribution < -0.4 is 4.90 Å². The molecule has 0 aliphatic heterocycles. The number of hydrogen-bond donors (Lipinski definition) is 0. The lowest BCUT2D eigenvalue weighted by Gasteiger charge is -2.29. The minimum Gasteiger partial charge on any atom is -0.310 e. The van der Waals surface area contributed by atoms with Crippen LogP contribution in [0, 0.1) is 0 Å². The van der Waals surface area contributed by atoms with Gasteiger partial charge in [-0.25, -0.2) is 0 Å². The maximum absolute atomic E-state index is 2.42. The van der Waals surface area contributed by atoms with Gasteiger partial charge in [-0.2, -0.15) is 0 Å². The van der Waals surface area contributed by atoms with Crippen LogP contribution in [0.25, 0.3) is 86.9 Å². The minimum absolute atomic E-state index is 1.09. The number of benzene rings is 10. The molecular weight excluding hydrogens is 767 g/mol. The summed E-state index contributed by atoms with van der Waals surface area (Å²) in [5, 5.41) is 2.63. The molecule has 0 saturated carbocycles. The molecule has 0 bridgehead atoms. The third kappa shape index (κ3) is 7.17. The lowest BCUT2D eigenvalue weighted by Crippen LogP contribution is -2.11. The van der Waals surface area contributed by atoms with Gasteiger partial charge in [-0.05, 0) is 122 Å². The summed E-state index contributed by atoms with van der Waals surface area (Å²) in [7, 11) is 0. The summed E-state index contributed by atoms with van der Waals surface area (Å²) in [4.78, 5) is 2.42.